The lowest BCUT2D eigenvalue weighted by Gasteiger charge is -2.24. The number of para-hydroxylation sites is 1. The van der Waals surface area contributed by atoms with Gasteiger partial charge in [0.05, 0.1) is 23.8 Å². The molecule has 1 heterocycles. The van der Waals surface area contributed by atoms with Gasteiger partial charge >= 0.3 is 18.1 Å². The van der Waals surface area contributed by atoms with Crippen molar-refractivity contribution >= 4 is 47.0 Å². The number of likely N-dealkylation sites (tertiary alicyclic amines) is 1. The molecule has 2 atom stereocenters. The van der Waals surface area contributed by atoms with Crippen LogP contribution in [-0.4, -0.2) is 53.8 Å². The summed E-state index contributed by atoms with van der Waals surface area (Å²) in [5, 5.41) is 6.03. The van der Waals surface area contributed by atoms with Crippen molar-refractivity contribution in [2.45, 2.75) is 38.5 Å². The average Bonchev–Trinajstić information content (AvgIpc) is 3.26. The number of halogens is 3. The molecule has 3 aromatic rings. The fraction of sp³-hybridized carbons (Fsp3) is 0.276. The Balaban J connectivity index is 1.52. The summed E-state index contributed by atoms with van der Waals surface area (Å²) in [7, 11) is 0. The van der Waals surface area contributed by atoms with E-state index in [-0.39, 0.29) is 24.3 Å². The zero-order valence-corrected chi connectivity index (χ0v) is 23.6. The normalized spacial score (nSPS) is 16.8. The molecule has 2 N–H and O–H groups in total. The topological polar surface area (TPSA) is 97.0 Å². The number of nitrogens with one attached hydrogen (secondary N) is 2. The molecule has 1 fully saturated rings. The van der Waals surface area contributed by atoms with Crippen molar-refractivity contribution in [3.63, 3.8) is 0 Å². The number of anilines is 1. The third-order valence-corrected chi connectivity index (χ3v) is 6.50. The van der Waals surface area contributed by atoms with Gasteiger partial charge in [-0.15, -0.1) is 0 Å². The third kappa shape index (κ3) is 7.43. The maximum atomic E-state index is 14.0. The number of hydrogen-bond acceptors (Lipinski definition) is 5. The minimum absolute atomic E-state index is 0.0119. The van der Waals surface area contributed by atoms with E-state index in [1.165, 1.54) is 23.1 Å². The number of benzene rings is 3. The second-order valence-corrected chi connectivity index (χ2v) is 11.1. The Morgan fingerprint density at radius 1 is 0.975 bits per heavy atom. The lowest BCUT2D eigenvalue weighted by Crippen LogP contribution is -2.46. The highest BCUT2D eigenvalue weighted by atomic mass is 35.5. The second-order valence-electron chi connectivity index (χ2n) is 10.2. The summed E-state index contributed by atoms with van der Waals surface area (Å²) in [5.74, 6) is -1.27. The zero-order valence-electron chi connectivity index (χ0n) is 22.0. The van der Waals surface area contributed by atoms with Gasteiger partial charge in [0.1, 0.15) is 17.5 Å². The molecule has 11 heteroatoms. The van der Waals surface area contributed by atoms with Crippen LogP contribution in [0.4, 0.5) is 19.7 Å². The van der Waals surface area contributed by atoms with Gasteiger partial charge in [0.25, 0.3) is 0 Å². The van der Waals surface area contributed by atoms with Gasteiger partial charge in [0.2, 0.25) is 0 Å². The van der Waals surface area contributed by atoms with Crippen LogP contribution in [0.2, 0.25) is 10.0 Å². The van der Waals surface area contributed by atoms with Crippen LogP contribution in [0.1, 0.15) is 31.1 Å². The minimum Gasteiger partial charge on any atom is -0.455 e. The fourth-order valence-electron chi connectivity index (χ4n) is 4.14. The number of carbonyl (C=O) groups is 3. The van der Waals surface area contributed by atoms with Crippen LogP contribution < -0.4 is 10.6 Å². The van der Waals surface area contributed by atoms with Crippen LogP contribution in [0.5, 0.6) is 0 Å². The lowest BCUT2D eigenvalue weighted by molar-refractivity contribution is 0.0180. The number of nitrogens with zero attached hydrogens (tertiary/aromatic N) is 1. The Morgan fingerprint density at radius 3 is 2.42 bits per heavy atom. The third-order valence-electron chi connectivity index (χ3n) is 5.96. The van der Waals surface area contributed by atoms with Gasteiger partial charge in [-0.1, -0.05) is 53.5 Å². The molecule has 210 valence electrons. The van der Waals surface area contributed by atoms with E-state index < -0.39 is 41.7 Å². The van der Waals surface area contributed by atoms with Crippen molar-refractivity contribution in [3.8, 4) is 11.1 Å². The van der Waals surface area contributed by atoms with E-state index in [4.69, 9.17) is 32.7 Å². The molecule has 3 amide bonds. The molecule has 8 nitrogen and oxygen atoms in total. The molecule has 4 rings (SSSR count). The Kier molecular flexibility index (Phi) is 8.85. The number of ether oxygens (including phenoxy) is 2. The maximum absolute atomic E-state index is 14.0. The van der Waals surface area contributed by atoms with Crippen LogP contribution in [0.3, 0.4) is 0 Å². The number of rotatable bonds is 5. The number of urea groups is 1. The Hall–Kier alpha value is -3.82. The van der Waals surface area contributed by atoms with Gasteiger partial charge in [-0.2, -0.15) is 0 Å². The summed E-state index contributed by atoms with van der Waals surface area (Å²) in [5.41, 5.74) is 0.835. The molecule has 1 aliphatic rings. The summed E-state index contributed by atoms with van der Waals surface area (Å²) in [6.07, 6.45) is -1.53. The quantitative estimate of drug-likeness (QED) is 0.321. The molecule has 3 aromatic carbocycles. The van der Waals surface area contributed by atoms with Gasteiger partial charge in [0.15, 0.2) is 0 Å². The van der Waals surface area contributed by atoms with E-state index in [1.54, 1.807) is 69.3 Å². The second kappa shape index (κ2) is 12.1. The highest BCUT2D eigenvalue weighted by molar-refractivity contribution is 6.36. The summed E-state index contributed by atoms with van der Waals surface area (Å²) in [4.78, 5) is 40.0. The molecule has 1 aliphatic heterocycles. The van der Waals surface area contributed by atoms with Crippen LogP contribution in [0.25, 0.3) is 11.1 Å². The van der Waals surface area contributed by atoms with Gasteiger partial charge in [-0.25, -0.2) is 18.8 Å². The first-order valence-electron chi connectivity index (χ1n) is 12.5. The summed E-state index contributed by atoms with van der Waals surface area (Å²) in [6.45, 7) is 5.19. The van der Waals surface area contributed by atoms with Crippen LogP contribution in [-0.2, 0) is 9.47 Å². The smallest absolute Gasteiger partial charge is 0.410 e. The van der Waals surface area contributed by atoms with Crippen LogP contribution in [0.15, 0.2) is 66.7 Å². The summed E-state index contributed by atoms with van der Waals surface area (Å²) < 4.78 is 25.3. The van der Waals surface area contributed by atoms with E-state index in [0.29, 0.717) is 21.2 Å². The van der Waals surface area contributed by atoms with Crippen LogP contribution in [0, 0.1) is 5.82 Å². The predicted molar refractivity (Wildman–Crippen MR) is 151 cm³/mol. The van der Waals surface area contributed by atoms with Gasteiger partial charge in [0, 0.05) is 22.2 Å². The van der Waals surface area contributed by atoms with E-state index in [9.17, 15) is 18.8 Å². The molecule has 0 aromatic heterocycles. The van der Waals surface area contributed by atoms with Crippen molar-refractivity contribution in [2.75, 3.05) is 18.4 Å². The molecule has 40 heavy (non-hydrogen) atoms. The molecule has 0 saturated carbocycles. The summed E-state index contributed by atoms with van der Waals surface area (Å²) in [6, 6.07) is 15.9. The highest BCUT2D eigenvalue weighted by Gasteiger charge is 2.40. The number of hydrogen-bond donors (Lipinski definition) is 2. The largest absolute Gasteiger partial charge is 0.455 e. The van der Waals surface area contributed by atoms with Gasteiger partial charge in [-0.05, 0) is 62.7 Å². The number of esters is 1. The summed E-state index contributed by atoms with van der Waals surface area (Å²) >= 11 is 12.3. The van der Waals surface area contributed by atoms with Crippen molar-refractivity contribution in [1.29, 1.82) is 0 Å². The zero-order chi connectivity index (χ0) is 29.0. The van der Waals surface area contributed by atoms with Gasteiger partial charge < -0.3 is 25.0 Å². The fourth-order valence-corrected chi connectivity index (χ4v) is 4.66. The first-order chi connectivity index (χ1) is 18.9. The average molecular weight is 588 g/mol. The van der Waals surface area contributed by atoms with Crippen molar-refractivity contribution in [3.05, 3.63) is 88.2 Å². The standard InChI is InChI=1S/C29H28Cl2FN3O5/c1-29(2,3)40-28(38)35-15-24(34-27(37)33-23-10-5-4-9-22(23)32)25(16-35)39-26(36)18-8-6-7-17(13-18)20-12-11-19(30)14-21(20)31/h4-14,24-25H,15-16H2,1-3H3,(H2,33,34,37)/t24-,25-/m0/s1. The van der Waals surface area contributed by atoms with Crippen LogP contribution >= 0.6 is 23.2 Å². The SMILES string of the molecule is CC(C)(C)OC(=O)N1C[C@H](NC(=O)Nc2ccccc2F)[C@@H](OC(=O)c2cccc(-c3ccc(Cl)cc3Cl)c2)C1. The van der Waals surface area contributed by atoms with Gasteiger partial charge in [-0.3, -0.25) is 0 Å². The molecular formula is C29H28Cl2FN3O5. The Morgan fingerprint density at radius 2 is 1.73 bits per heavy atom. The Labute approximate surface area is 241 Å². The predicted octanol–water partition coefficient (Wildman–Crippen LogP) is 6.77. The van der Waals surface area contributed by atoms with Crippen molar-refractivity contribution in [2.24, 2.45) is 0 Å². The molecule has 1 saturated heterocycles. The number of carbonyl (C=O) groups excluding carboxylic acids is 3. The molecule has 0 bridgehead atoms. The van der Waals surface area contributed by atoms with Crippen molar-refractivity contribution < 1.29 is 28.2 Å². The highest BCUT2D eigenvalue weighted by Crippen LogP contribution is 2.31. The Bertz CT molecular complexity index is 1430. The first kappa shape index (κ1) is 29.2. The van der Waals surface area contributed by atoms with E-state index >= 15 is 0 Å². The maximum Gasteiger partial charge on any atom is 0.410 e. The first-order valence-corrected chi connectivity index (χ1v) is 13.2. The molecule has 0 aliphatic carbocycles. The number of amides is 3. The monoisotopic (exact) mass is 587 g/mol. The van der Waals surface area contributed by atoms with E-state index in [0.717, 1.165) is 0 Å². The minimum atomic E-state index is -0.908. The molecule has 0 radical (unpaired) electrons. The van der Waals surface area contributed by atoms with E-state index in [1.807, 2.05) is 0 Å². The molecular weight excluding hydrogens is 560 g/mol. The van der Waals surface area contributed by atoms with E-state index in [2.05, 4.69) is 10.6 Å². The lowest BCUT2D eigenvalue weighted by atomic mass is 10.0. The molecule has 0 spiro atoms. The molecule has 0 unspecified atom stereocenters. The van der Waals surface area contributed by atoms with Crippen molar-refractivity contribution in [1.82, 2.24) is 10.2 Å².